The van der Waals surface area contributed by atoms with E-state index in [2.05, 4.69) is 15.2 Å². The zero-order valence-electron chi connectivity index (χ0n) is 11.5. The fourth-order valence-electron chi connectivity index (χ4n) is 2.01. The van der Waals surface area contributed by atoms with Gasteiger partial charge in [0.1, 0.15) is 5.75 Å². The summed E-state index contributed by atoms with van der Waals surface area (Å²) in [7, 11) is 0. The molecule has 0 fully saturated rings. The van der Waals surface area contributed by atoms with Crippen molar-refractivity contribution in [2.75, 3.05) is 5.32 Å². The number of hydrogen-bond donors (Lipinski definition) is 1. The van der Waals surface area contributed by atoms with Gasteiger partial charge in [-0.05, 0) is 42.5 Å². The highest BCUT2D eigenvalue weighted by Crippen LogP contribution is 2.23. The number of pyridine rings is 1. The molecule has 0 spiro atoms. The highest BCUT2D eigenvalue weighted by Gasteiger charge is 2.31. The highest BCUT2D eigenvalue weighted by atomic mass is 19.4. The molecular weight excluding hydrogens is 311 g/mol. The van der Waals surface area contributed by atoms with Crippen molar-refractivity contribution in [1.82, 2.24) is 9.61 Å². The number of amides is 1. The molecule has 0 radical (unpaired) electrons. The average Bonchev–Trinajstić information content (AvgIpc) is 2.94. The van der Waals surface area contributed by atoms with E-state index in [9.17, 15) is 18.0 Å². The van der Waals surface area contributed by atoms with Crippen molar-refractivity contribution in [2.24, 2.45) is 0 Å². The monoisotopic (exact) mass is 321 g/mol. The molecule has 8 heteroatoms. The third-order valence-electron chi connectivity index (χ3n) is 3.01. The molecule has 5 nitrogen and oxygen atoms in total. The van der Waals surface area contributed by atoms with Gasteiger partial charge in [-0.25, -0.2) is 4.52 Å². The van der Waals surface area contributed by atoms with E-state index in [4.69, 9.17) is 0 Å². The summed E-state index contributed by atoms with van der Waals surface area (Å²) in [6, 6.07) is 9.86. The molecule has 1 N–H and O–H groups in total. The van der Waals surface area contributed by atoms with Gasteiger partial charge in [0, 0.05) is 23.6 Å². The Bertz CT molecular complexity index is 841. The molecule has 0 aliphatic carbocycles. The molecule has 23 heavy (non-hydrogen) atoms. The van der Waals surface area contributed by atoms with Crippen LogP contribution < -0.4 is 10.1 Å². The summed E-state index contributed by atoms with van der Waals surface area (Å²) < 4.78 is 41.6. The Kier molecular flexibility index (Phi) is 3.65. The largest absolute Gasteiger partial charge is 0.573 e. The molecule has 0 atom stereocenters. The van der Waals surface area contributed by atoms with Gasteiger partial charge in [-0.3, -0.25) is 4.79 Å². The van der Waals surface area contributed by atoms with E-state index in [0.29, 0.717) is 5.69 Å². The number of rotatable bonds is 3. The van der Waals surface area contributed by atoms with E-state index in [1.165, 1.54) is 12.1 Å². The van der Waals surface area contributed by atoms with E-state index >= 15 is 0 Å². The molecule has 0 aliphatic rings. The van der Waals surface area contributed by atoms with E-state index in [1.807, 2.05) is 0 Å². The van der Waals surface area contributed by atoms with Crippen molar-refractivity contribution in [1.29, 1.82) is 0 Å². The Morgan fingerprint density at radius 1 is 1.13 bits per heavy atom. The van der Waals surface area contributed by atoms with Crippen molar-refractivity contribution >= 4 is 17.1 Å². The number of alkyl halides is 3. The lowest BCUT2D eigenvalue weighted by Gasteiger charge is -2.09. The SMILES string of the molecule is O=C(Nc1ccn2nccc2c1)c1ccc(OC(F)(F)F)cc1. The predicted molar refractivity (Wildman–Crippen MR) is 76.3 cm³/mol. The fraction of sp³-hybridized carbons (Fsp3) is 0.0667. The molecule has 1 aromatic carbocycles. The Hall–Kier alpha value is -3.03. The van der Waals surface area contributed by atoms with Gasteiger partial charge in [0.05, 0.1) is 5.52 Å². The second-order valence-electron chi connectivity index (χ2n) is 4.64. The first kappa shape index (κ1) is 14.9. The van der Waals surface area contributed by atoms with Gasteiger partial charge in [-0.1, -0.05) is 0 Å². The van der Waals surface area contributed by atoms with Crippen LogP contribution in [0.1, 0.15) is 10.4 Å². The fourth-order valence-corrected chi connectivity index (χ4v) is 2.01. The van der Waals surface area contributed by atoms with Crippen molar-refractivity contribution in [3.05, 3.63) is 60.4 Å². The normalized spacial score (nSPS) is 11.4. The lowest BCUT2D eigenvalue weighted by Crippen LogP contribution is -2.17. The number of fused-ring (bicyclic) bond motifs is 1. The van der Waals surface area contributed by atoms with Crippen molar-refractivity contribution in [3.8, 4) is 5.75 Å². The van der Waals surface area contributed by atoms with Gasteiger partial charge in [0.2, 0.25) is 0 Å². The molecule has 0 unspecified atom stereocenters. The van der Waals surface area contributed by atoms with Crippen LogP contribution >= 0.6 is 0 Å². The Balaban J connectivity index is 1.72. The first-order chi connectivity index (χ1) is 10.9. The number of aromatic nitrogens is 2. The van der Waals surface area contributed by atoms with Gasteiger partial charge in [-0.15, -0.1) is 13.2 Å². The predicted octanol–water partition coefficient (Wildman–Crippen LogP) is 3.49. The van der Waals surface area contributed by atoms with Crippen LogP contribution in [0, 0.1) is 0 Å². The van der Waals surface area contributed by atoms with Crippen LogP contribution in [0.25, 0.3) is 5.52 Å². The van der Waals surface area contributed by atoms with Gasteiger partial charge in [0.25, 0.3) is 5.91 Å². The summed E-state index contributed by atoms with van der Waals surface area (Å²) in [6.07, 6.45) is -1.45. The van der Waals surface area contributed by atoms with E-state index in [1.54, 1.807) is 35.1 Å². The number of nitrogens with zero attached hydrogens (tertiary/aromatic N) is 2. The molecule has 2 heterocycles. The van der Waals surface area contributed by atoms with Crippen LogP contribution in [0.5, 0.6) is 5.75 Å². The van der Waals surface area contributed by atoms with Crippen molar-refractivity contribution < 1.29 is 22.7 Å². The second-order valence-corrected chi connectivity index (χ2v) is 4.64. The van der Waals surface area contributed by atoms with Gasteiger partial charge >= 0.3 is 6.36 Å². The summed E-state index contributed by atoms with van der Waals surface area (Å²) in [5, 5.41) is 6.70. The molecule has 3 rings (SSSR count). The van der Waals surface area contributed by atoms with Crippen molar-refractivity contribution in [2.45, 2.75) is 6.36 Å². The minimum Gasteiger partial charge on any atom is -0.406 e. The Morgan fingerprint density at radius 3 is 2.57 bits per heavy atom. The van der Waals surface area contributed by atoms with Crippen LogP contribution in [-0.4, -0.2) is 21.9 Å². The quantitative estimate of drug-likeness (QED) is 0.803. The molecule has 1 amide bonds. The van der Waals surface area contributed by atoms with Crippen LogP contribution in [0.4, 0.5) is 18.9 Å². The minimum absolute atomic E-state index is 0.216. The number of anilines is 1. The molecule has 0 bridgehead atoms. The first-order valence-electron chi connectivity index (χ1n) is 6.51. The number of halogens is 3. The van der Waals surface area contributed by atoms with Gasteiger partial charge in [-0.2, -0.15) is 5.10 Å². The summed E-state index contributed by atoms with van der Waals surface area (Å²) in [5.41, 5.74) is 1.57. The maximum atomic E-state index is 12.1. The second kappa shape index (κ2) is 5.64. The minimum atomic E-state index is -4.76. The van der Waals surface area contributed by atoms with E-state index in [0.717, 1.165) is 17.6 Å². The third kappa shape index (κ3) is 3.60. The summed E-state index contributed by atoms with van der Waals surface area (Å²) in [5.74, 6) is -0.817. The lowest BCUT2D eigenvalue weighted by atomic mass is 10.2. The van der Waals surface area contributed by atoms with Crippen LogP contribution in [0.2, 0.25) is 0 Å². The van der Waals surface area contributed by atoms with Gasteiger partial charge in [0.15, 0.2) is 0 Å². The third-order valence-corrected chi connectivity index (χ3v) is 3.01. The van der Waals surface area contributed by atoms with Crippen LogP contribution in [-0.2, 0) is 0 Å². The van der Waals surface area contributed by atoms with Crippen LogP contribution in [0.3, 0.4) is 0 Å². The summed E-state index contributed by atoms with van der Waals surface area (Å²) in [6.45, 7) is 0. The number of nitrogens with one attached hydrogen (secondary N) is 1. The Morgan fingerprint density at radius 2 is 1.87 bits per heavy atom. The average molecular weight is 321 g/mol. The molecule has 0 saturated carbocycles. The topological polar surface area (TPSA) is 55.6 Å². The zero-order chi connectivity index (χ0) is 16.4. The van der Waals surface area contributed by atoms with Crippen molar-refractivity contribution in [3.63, 3.8) is 0 Å². The number of benzene rings is 1. The summed E-state index contributed by atoms with van der Waals surface area (Å²) >= 11 is 0. The summed E-state index contributed by atoms with van der Waals surface area (Å²) in [4.78, 5) is 12.1. The maximum Gasteiger partial charge on any atom is 0.573 e. The lowest BCUT2D eigenvalue weighted by molar-refractivity contribution is -0.274. The number of ether oxygens (including phenoxy) is 1. The maximum absolute atomic E-state index is 12.1. The first-order valence-corrected chi connectivity index (χ1v) is 6.51. The number of hydrogen-bond acceptors (Lipinski definition) is 3. The van der Waals surface area contributed by atoms with Crippen LogP contribution in [0.15, 0.2) is 54.9 Å². The molecule has 2 aromatic heterocycles. The number of carbonyl (C=O) groups excluding carboxylic acids is 1. The molecule has 118 valence electrons. The standard InChI is InChI=1S/C15H10F3N3O2/c16-15(17,18)23-13-3-1-10(2-4-13)14(22)20-11-6-8-21-12(9-11)5-7-19-21/h1-9H,(H,20,22). The Labute approximate surface area is 128 Å². The van der Waals surface area contributed by atoms with Gasteiger partial charge < -0.3 is 10.1 Å². The smallest absolute Gasteiger partial charge is 0.406 e. The molecular formula is C15H10F3N3O2. The molecule has 0 aliphatic heterocycles. The highest BCUT2D eigenvalue weighted by molar-refractivity contribution is 6.04. The molecule has 0 saturated heterocycles. The number of carbonyl (C=O) groups is 1. The van der Waals surface area contributed by atoms with E-state index < -0.39 is 12.3 Å². The zero-order valence-corrected chi connectivity index (χ0v) is 11.5. The van der Waals surface area contributed by atoms with E-state index in [-0.39, 0.29) is 11.3 Å². The molecule has 3 aromatic rings.